The molecule has 3 N–H and O–H groups in total. The number of halogens is 1. The zero-order valence-corrected chi connectivity index (χ0v) is 12.9. The average molecular weight is 339 g/mol. The second-order valence-corrected chi connectivity index (χ2v) is 6.64. The Labute approximate surface area is 132 Å². The van der Waals surface area contributed by atoms with Crippen molar-refractivity contribution in [1.29, 1.82) is 0 Å². The summed E-state index contributed by atoms with van der Waals surface area (Å²) >= 11 is 0. The third-order valence-electron chi connectivity index (χ3n) is 3.21. The molecule has 0 heterocycles. The van der Waals surface area contributed by atoms with Crippen LogP contribution in [0.5, 0.6) is 0 Å². The largest absolute Gasteiger partial charge is 0.399 e. The van der Waals surface area contributed by atoms with Crippen molar-refractivity contribution in [2.45, 2.75) is 18.4 Å². The summed E-state index contributed by atoms with van der Waals surface area (Å²) in [6, 6.07) is 8.15. The van der Waals surface area contributed by atoms with Gasteiger partial charge in [0.2, 0.25) is 10.0 Å². The van der Waals surface area contributed by atoms with Crippen LogP contribution in [0.4, 0.5) is 15.8 Å². The fraction of sp³-hybridized carbons (Fsp3) is 0.143. The molecular weight excluding hydrogens is 325 g/mol. The van der Waals surface area contributed by atoms with Gasteiger partial charge in [0.25, 0.3) is 5.69 Å². The van der Waals surface area contributed by atoms with Crippen LogP contribution in [-0.4, -0.2) is 13.3 Å². The first-order chi connectivity index (χ1) is 10.7. The normalized spacial score (nSPS) is 11.4. The van der Waals surface area contributed by atoms with Crippen LogP contribution in [0, 0.1) is 22.9 Å². The van der Waals surface area contributed by atoms with Gasteiger partial charge >= 0.3 is 0 Å². The van der Waals surface area contributed by atoms with E-state index < -0.39 is 31.3 Å². The predicted molar refractivity (Wildman–Crippen MR) is 82.7 cm³/mol. The molecule has 0 bridgehead atoms. The maximum absolute atomic E-state index is 13.7. The van der Waals surface area contributed by atoms with E-state index in [1.807, 2.05) is 0 Å². The first-order valence-corrected chi connectivity index (χ1v) is 7.97. The van der Waals surface area contributed by atoms with E-state index in [9.17, 15) is 22.9 Å². The lowest BCUT2D eigenvalue weighted by molar-refractivity contribution is -0.385. The Kier molecular flexibility index (Phi) is 4.62. The van der Waals surface area contributed by atoms with Crippen molar-refractivity contribution in [1.82, 2.24) is 4.72 Å². The number of nitro benzene ring substituents is 1. The van der Waals surface area contributed by atoms with Gasteiger partial charge in [0.05, 0.1) is 15.4 Å². The first kappa shape index (κ1) is 16.8. The molecule has 0 unspecified atom stereocenters. The van der Waals surface area contributed by atoms with Gasteiger partial charge in [-0.25, -0.2) is 17.5 Å². The molecule has 9 heteroatoms. The van der Waals surface area contributed by atoms with Crippen molar-refractivity contribution in [2.24, 2.45) is 0 Å². The lowest BCUT2D eigenvalue weighted by Gasteiger charge is -2.09. The monoisotopic (exact) mass is 339 g/mol. The van der Waals surface area contributed by atoms with E-state index in [4.69, 9.17) is 5.73 Å². The molecule has 0 aliphatic rings. The number of sulfonamides is 1. The highest BCUT2D eigenvalue weighted by Crippen LogP contribution is 2.25. The molecule has 0 saturated carbocycles. The minimum Gasteiger partial charge on any atom is -0.399 e. The number of rotatable bonds is 5. The van der Waals surface area contributed by atoms with Gasteiger partial charge < -0.3 is 5.73 Å². The number of hydrogen-bond donors (Lipinski definition) is 2. The summed E-state index contributed by atoms with van der Waals surface area (Å²) in [5.41, 5.74) is 5.87. The molecule has 0 aromatic heterocycles. The Hall–Kier alpha value is -2.52. The number of hydrogen-bond acceptors (Lipinski definition) is 5. The summed E-state index contributed by atoms with van der Waals surface area (Å²) in [5, 5.41) is 10.9. The molecule has 0 atom stereocenters. The third kappa shape index (κ3) is 3.82. The van der Waals surface area contributed by atoms with Crippen molar-refractivity contribution >= 4 is 21.4 Å². The summed E-state index contributed by atoms with van der Waals surface area (Å²) in [4.78, 5) is 9.55. The van der Waals surface area contributed by atoms with E-state index in [1.54, 1.807) is 24.3 Å². The van der Waals surface area contributed by atoms with Gasteiger partial charge in [0, 0.05) is 18.3 Å². The number of nitrogens with one attached hydrogen (secondary N) is 1. The van der Waals surface area contributed by atoms with E-state index >= 15 is 0 Å². The van der Waals surface area contributed by atoms with Crippen molar-refractivity contribution in [3.05, 3.63) is 63.5 Å². The fourth-order valence-corrected chi connectivity index (χ4v) is 3.00. The zero-order chi connectivity index (χ0) is 17.2. The Morgan fingerprint density at radius 2 is 2.00 bits per heavy atom. The lowest BCUT2D eigenvalue weighted by atomic mass is 10.2. The van der Waals surface area contributed by atoms with Gasteiger partial charge in [-0.3, -0.25) is 10.1 Å². The average Bonchev–Trinajstić information content (AvgIpc) is 2.47. The van der Waals surface area contributed by atoms with Crippen LogP contribution in [-0.2, 0) is 16.6 Å². The van der Waals surface area contributed by atoms with Crippen LogP contribution < -0.4 is 10.5 Å². The second kappa shape index (κ2) is 6.31. The Morgan fingerprint density at radius 3 is 2.61 bits per heavy atom. The van der Waals surface area contributed by atoms with Crippen molar-refractivity contribution in [3.63, 3.8) is 0 Å². The molecule has 7 nitrogen and oxygen atoms in total. The molecule has 0 aliphatic heterocycles. The van der Waals surface area contributed by atoms with Gasteiger partial charge in [-0.1, -0.05) is 12.1 Å². The summed E-state index contributed by atoms with van der Waals surface area (Å²) in [5.74, 6) is -0.955. The van der Waals surface area contributed by atoms with Crippen LogP contribution in [0.15, 0.2) is 41.3 Å². The third-order valence-corrected chi connectivity index (χ3v) is 4.60. The minimum absolute atomic E-state index is 0.0728. The van der Waals surface area contributed by atoms with Crippen LogP contribution in [0.2, 0.25) is 0 Å². The van der Waals surface area contributed by atoms with Crippen LogP contribution >= 0.6 is 0 Å². The van der Waals surface area contributed by atoms with Crippen molar-refractivity contribution < 1.29 is 17.7 Å². The Balaban J connectivity index is 2.31. The van der Waals surface area contributed by atoms with E-state index in [1.165, 1.54) is 6.92 Å². The van der Waals surface area contributed by atoms with E-state index in [0.29, 0.717) is 11.3 Å². The predicted octanol–water partition coefficient (Wildman–Crippen LogP) is 2.10. The number of anilines is 1. The molecule has 0 fully saturated rings. The number of nitro groups is 1. The topological polar surface area (TPSA) is 115 Å². The molecule has 122 valence electrons. The minimum atomic E-state index is -4.10. The highest BCUT2D eigenvalue weighted by Gasteiger charge is 2.23. The van der Waals surface area contributed by atoms with Gasteiger partial charge in [-0.05, 0) is 30.7 Å². The second-order valence-electron chi connectivity index (χ2n) is 4.88. The van der Waals surface area contributed by atoms with Gasteiger partial charge in [-0.15, -0.1) is 0 Å². The van der Waals surface area contributed by atoms with Gasteiger partial charge in [0.15, 0.2) is 0 Å². The molecule has 0 saturated heterocycles. The SMILES string of the molecule is Cc1c(F)cc(S(=O)(=O)NCc2cccc(N)c2)cc1[N+](=O)[O-]. The maximum Gasteiger partial charge on any atom is 0.276 e. The molecule has 0 spiro atoms. The smallest absolute Gasteiger partial charge is 0.276 e. The molecule has 0 amide bonds. The quantitative estimate of drug-likeness (QED) is 0.492. The fourth-order valence-electron chi connectivity index (χ4n) is 1.95. The highest BCUT2D eigenvalue weighted by molar-refractivity contribution is 7.89. The highest BCUT2D eigenvalue weighted by atomic mass is 32.2. The number of nitrogen functional groups attached to an aromatic ring is 1. The number of benzene rings is 2. The molecule has 2 rings (SSSR count). The van der Waals surface area contributed by atoms with Crippen molar-refractivity contribution in [2.75, 3.05) is 5.73 Å². The standard InChI is InChI=1S/C14H14FN3O4S/c1-9-13(15)6-12(7-14(9)18(19)20)23(21,22)17-8-10-3-2-4-11(16)5-10/h2-7,17H,8,16H2,1H3. The van der Waals surface area contributed by atoms with E-state index in [-0.39, 0.29) is 12.1 Å². The lowest BCUT2D eigenvalue weighted by Crippen LogP contribution is -2.23. The Bertz CT molecular complexity index is 868. The van der Waals surface area contributed by atoms with E-state index in [2.05, 4.69) is 4.72 Å². The molecule has 0 aliphatic carbocycles. The zero-order valence-electron chi connectivity index (χ0n) is 12.1. The van der Waals surface area contributed by atoms with Gasteiger partial charge in [-0.2, -0.15) is 0 Å². The van der Waals surface area contributed by atoms with Crippen LogP contribution in [0.25, 0.3) is 0 Å². The molecule has 0 radical (unpaired) electrons. The van der Waals surface area contributed by atoms with E-state index in [0.717, 1.165) is 12.1 Å². The Morgan fingerprint density at radius 1 is 1.30 bits per heavy atom. The number of nitrogens with zero attached hydrogens (tertiary/aromatic N) is 1. The first-order valence-electron chi connectivity index (χ1n) is 6.49. The molecule has 23 heavy (non-hydrogen) atoms. The molecule has 2 aromatic rings. The molecule has 2 aromatic carbocycles. The van der Waals surface area contributed by atoms with Gasteiger partial charge in [0.1, 0.15) is 5.82 Å². The summed E-state index contributed by atoms with van der Waals surface area (Å²) in [7, 11) is -4.10. The summed E-state index contributed by atoms with van der Waals surface area (Å²) in [6.07, 6.45) is 0. The van der Waals surface area contributed by atoms with Crippen molar-refractivity contribution in [3.8, 4) is 0 Å². The number of nitrogens with two attached hydrogens (primary N) is 1. The summed E-state index contributed by atoms with van der Waals surface area (Å²) in [6.45, 7) is 1.14. The molecular formula is C14H14FN3O4S. The van der Waals surface area contributed by atoms with Crippen LogP contribution in [0.1, 0.15) is 11.1 Å². The summed E-state index contributed by atoms with van der Waals surface area (Å²) < 4.78 is 40.4. The van der Waals surface area contributed by atoms with Crippen LogP contribution in [0.3, 0.4) is 0 Å². The maximum atomic E-state index is 13.7.